The smallest absolute Gasteiger partial charge is 0.241 e. The zero-order valence-corrected chi connectivity index (χ0v) is 16.1. The molecule has 2 aromatic carbocycles. The Morgan fingerprint density at radius 1 is 1.19 bits per heavy atom. The number of aryl methyl sites for hydroxylation is 2. The Morgan fingerprint density at radius 2 is 1.88 bits per heavy atom. The number of carbonyl (C=O) groups excluding carboxylic acids is 1. The molecule has 0 aromatic heterocycles. The highest BCUT2D eigenvalue weighted by atomic mass is 32.2. The number of nitrogens with one attached hydrogen (secondary N) is 1. The van der Waals surface area contributed by atoms with Crippen LogP contribution in [0.15, 0.2) is 42.5 Å². The Bertz CT molecular complexity index is 913. The Hall–Kier alpha value is -2.41. The van der Waals surface area contributed by atoms with Crippen LogP contribution in [-0.2, 0) is 14.8 Å². The maximum Gasteiger partial charge on any atom is 0.241 e. The van der Waals surface area contributed by atoms with Crippen molar-refractivity contribution in [2.75, 3.05) is 17.1 Å². The molecule has 0 saturated carbocycles. The molecule has 26 heavy (non-hydrogen) atoms. The van der Waals surface area contributed by atoms with Gasteiger partial charge in [0.15, 0.2) is 0 Å². The molecule has 0 bridgehead atoms. The minimum atomic E-state index is -3.74. The number of rotatable bonds is 6. The molecule has 0 aliphatic heterocycles. The first-order valence-corrected chi connectivity index (χ1v) is 10.0. The zero-order valence-electron chi connectivity index (χ0n) is 15.3. The summed E-state index contributed by atoms with van der Waals surface area (Å²) in [6.07, 6.45) is 0.985. The number of hydrogen-bond donors (Lipinski definition) is 1. The van der Waals surface area contributed by atoms with Gasteiger partial charge in [0.1, 0.15) is 12.4 Å². The number of halogens is 1. The van der Waals surface area contributed by atoms with Crippen molar-refractivity contribution in [1.29, 1.82) is 0 Å². The molecule has 0 unspecified atom stereocenters. The van der Waals surface area contributed by atoms with E-state index in [2.05, 4.69) is 5.32 Å². The summed E-state index contributed by atoms with van der Waals surface area (Å²) in [4.78, 5) is 12.4. The molecule has 0 spiro atoms. The van der Waals surface area contributed by atoms with Crippen LogP contribution in [0.4, 0.5) is 10.1 Å². The van der Waals surface area contributed by atoms with E-state index in [0.29, 0.717) is 0 Å². The number of nitrogens with zero attached hydrogens (tertiary/aromatic N) is 1. The largest absolute Gasteiger partial charge is 0.348 e. The van der Waals surface area contributed by atoms with E-state index in [1.54, 1.807) is 0 Å². The Morgan fingerprint density at radius 3 is 2.46 bits per heavy atom. The highest BCUT2D eigenvalue weighted by Gasteiger charge is 2.22. The molecule has 2 aromatic rings. The number of benzene rings is 2. The predicted molar refractivity (Wildman–Crippen MR) is 101 cm³/mol. The summed E-state index contributed by atoms with van der Waals surface area (Å²) in [5.74, 6) is -1.03. The first kappa shape index (κ1) is 19.9. The van der Waals surface area contributed by atoms with Gasteiger partial charge in [-0.3, -0.25) is 9.10 Å². The third-order valence-electron chi connectivity index (χ3n) is 4.05. The summed E-state index contributed by atoms with van der Waals surface area (Å²) in [7, 11) is -3.74. The maximum atomic E-state index is 13.4. The fourth-order valence-corrected chi connectivity index (χ4v) is 3.69. The summed E-state index contributed by atoms with van der Waals surface area (Å²) in [6.45, 7) is 5.36. The highest BCUT2D eigenvalue weighted by Crippen LogP contribution is 2.20. The zero-order chi connectivity index (χ0) is 19.5. The Labute approximate surface area is 153 Å². The summed E-state index contributed by atoms with van der Waals surface area (Å²) < 4.78 is 38.4. The molecule has 0 aliphatic carbocycles. The van der Waals surface area contributed by atoms with E-state index < -0.39 is 28.3 Å². The first-order valence-electron chi connectivity index (χ1n) is 8.17. The predicted octanol–water partition coefficient (Wildman–Crippen LogP) is 3.09. The van der Waals surface area contributed by atoms with E-state index in [1.165, 1.54) is 18.2 Å². The van der Waals surface area contributed by atoms with Gasteiger partial charge in [-0.05, 0) is 50.1 Å². The average Bonchev–Trinajstić information content (AvgIpc) is 2.51. The van der Waals surface area contributed by atoms with Crippen LogP contribution in [0.25, 0.3) is 0 Å². The molecule has 7 heteroatoms. The van der Waals surface area contributed by atoms with Crippen LogP contribution in [0.3, 0.4) is 0 Å². The molecule has 2 rings (SSSR count). The molecular formula is C19H23FN2O3S. The molecule has 1 amide bonds. The van der Waals surface area contributed by atoms with Gasteiger partial charge < -0.3 is 5.32 Å². The van der Waals surface area contributed by atoms with Crippen LogP contribution in [0.2, 0.25) is 0 Å². The van der Waals surface area contributed by atoms with E-state index in [4.69, 9.17) is 0 Å². The van der Waals surface area contributed by atoms with Gasteiger partial charge in [0.2, 0.25) is 15.9 Å². The number of hydrogen-bond acceptors (Lipinski definition) is 3. The van der Waals surface area contributed by atoms with E-state index >= 15 is 0 Å². The van der Waals surface area contributed by atoms with Gasteiger partial charge in [0.05, 0.1) is 18.0 Å². The van der Waals surface area contributed by atoms with Gasteiger partial charge in [-0.15, -0.1) is 0 Å². The summed E-state index contributed by atoms with van der Waals surface area (Å²) in [5.41, 5.74) is 3.24. The van der Waals surface area contributed by atoms with E-state index in [9.17, 15) is 17.6 Å². The first-order chi connectivity index (χ1) is 12.1. The number of carbonyl (C=O) groups is 1. The number of sulfonamides is 1. The standard InChI is InChI=1S/C19H23FN2O3S/c1-13-8-9-18(14(2)10-13)15(3)21-19(23)12-22(26(4,24)25)17-7-5-6-16(20)11-17/h5-11,15H,12H2,1-4H3,(H,21,23)/t15-/m1/s1. The van der Waals surface area contributed by atoms with Crippen molar-refractivity contribution in [3.05, 3.63) is 65.0 Å². The highest BCUT2D eigenvalue weighted by molar-refractivity contribution is 7.92. The normalized spacial score (nSPS) is 12.5. The lowest BCUT2D eigenvalue weighted by Gasteiger charge is -2.23. The molecule has 1 atom stereocenters. The van der Waals surface area contributed by atoms with Crippen LogP contribution in [0.1, 0.15) is 29.7 Å². The van der Waals surface area contributed by atoms with Gasteiger partial charge in [-0.25, -0.2) is 12.8 Å². The van der Waals surface area contributed by atoms with Crippen molar-refractivity contribution in [3.8, 4) is 0 Å². The lowest BCUT2D eigenvalue weighted by Crippen LogP contribution is -2.41. The van der Waals surface area contributed by atoms with Gasteiger partial charge in [-0.2, -0.15) is 0 Å². The van der Waals surface area contributed by atoms with Crippen molar-refractivity contribution < 1.29 is 17.6 Å². The quantitative estimate of drug-likeness (QED) is 0.840. The van der Waals surface area contributed by atoms with Gasteiger partial charge >= 0.3 is 0 Å². The van der Waals surface area contributed by atoms with Crippen LogP contribution in [0, 0.1) is 19.7 Å². The molecule has 5 nitrogen and oxygen atoms in total. The fraction of sp³-hybridized carbons (Fsp3) is 0.316. The van der Waals surface area contributed by atoms with Crippen molar-refractivity contribution in [3.63, 3.8) is 0 Å². The van der Waals surface area contributed by atoms with Crippen LogP contribution in [-0.4, -0.2) is 27.1 Å². The molecule has 0 fully saturated rings. The maximum absolute atomic E-state index is 13.4. The third kappa shape index (κ3) is 5.05. The SMILES string of the molecule is Cc1ccc([C@@H](C)NC(=O)CN(c2cccc(F)c2)S(C)(=O)=O)c(C)c1. The minimum Gasteiger partial charge on any atom is -0.348 e. The van der Waals surface area contributed by atoms with Gasteiger partial charge in [0, 0.05) is 0 Å². The van der Waals surface area contributed by atoms with Crippen LogP contribution >= 0.6 is 0 Å². The monoisotopic (exact) mass is 378 g/mol. The van der Waals surface area contributed by atoms with Crippen LogP contribution in [0.5, 0.6) is 0 Å². The molecule has 140 valence electrons. The second-order valence-corrected chi connectivity index (χ2v) is 8.31. The second kappa shape index (κ2) is 7.86. The number of amides is 1. The molecule has 0 heterocycles. The van der Waals surface area contributed by atoms with Gasteiger partial charge in [0.25, 0.3) is 0 Å². The third-order valence-corrected chi connectivity index (χ3v) is 5.19. The average molecular weight is 378 g/mol. The van der Waals surface area contributed by atoms with Crippen molar-refractivity contribution in [1.82, 2.24) is 5.32 Å². The minimum absolute atomic E-state index is 0.113. The topological polar surface area (TPSA) is 66.5 Å². The molecular weight excluding hydrogens is 355 g/mol. The lowest BCUT2D eigenvalue weighted by atomic mass is 10.0. The molecule has 1 N–H and O–H groups in total. The summed E-state index contributed by atoms with van der Waals surface area (Å²) in [5, 5.41) is 2.80. The lowest BCUT2D eigenvalue weighted by molar-refractivity contribution is -0.120. The van der Waals surface area contributed by atoms with Crippen molar-refractivity contribution in [2.24, 2.45) is 0 Å². The van der Waals surface area contributed by atoms with E-state index in [0.717, 1.165) is 33.3 Å². The fourth-order valence-electron chi connectivity index (χ4n) is 2.84. The summed E-state index contributed by atoms with van der Waals surface area (Å²) >= 11 is 0. The van der Waals surface area contributed by atoms with Crippen LogP contribution < -0.4 is 9.62 Å². The molecule has 0 radical (unpaired) electrons. The number of anilines is 1. The molecule has 0 aliphatic rings. The van der Waals surface area contributed by atoms with E-state index in [1.807, 2.05) is 39.0 Å². The van der Waals surface area contributed by atoms with E-state index in [-0.39, 0.29) is 11.7 Å². The Balaban J connectivity index is 2.17. The Kier molecular flexibility index (Phi) is 6.02. The summed E-state index contributed by atoms with van der Waals surface area (Å²) in [6, 6.07) is 10.8. The molecule has 0 saturated heterocycles. The second-order valence-electron chi connectivity index (χ2n) is 6.40. The van der Waals surface area contributed by atoms with Crippen molar-refractivity contribution in [2.45, 2.75) is 26.8 Å². The van der Waals surface area contributed by atoms with Crippen molar-refractivity contribution >= 4 is 21.6 Å². The van der Waals surface area contributed by atoms with Gasteiger partial charge in [-0.1, -0.05) is 29.8 Å².